The molecule has 0 aromatic heterocycles. The zero-order chi connectivity index (χ0) is 20.5. The lowest BCUT2D eigenvalue weighted by Gasteiger charge is -2.36. The Morgan fingerprint density at radius 3 is 2.86 bits per heavy atom. The number of benzene rings is 1. The number of piperazine rings is 1. The van der Waals surface area contributed by atoms with Gasteiger partial charge in [-0.05, 0) is 43.8 Å². The van der Waals surface area contributed by atoms with Gasteiger partial charge in [-0.25, -0.2) is 0 Å². The minimum Gasteiger partial charge on any atom is -0.494 e. The quantitative estimate of drug-likeness (QED) is 0.519. The second kappa shape index (κ2) is 10.6. The van der Waals surface area contributed by atoms with E-state index < -0.39 is 17.9 Å². The third-order valence-corrected chi connectivity index (χ3v) is 4.38. The average molecular weight is 407 g/mol. The zero-order valence-corrected chi connectivity index (χ0v) is 16.8. The Bertz CT molecular complexity index is 740. The number of hydrogen-bond donors (Lipinski definition) is 2. The maximum atomic E-state index is 12.5. The van der Waals surface area contributed by atoms with Crippen molar-refractivity contribution in [3.63, 3.8) is 0 Å². The summed E-state index contributed by atoms with van der Waals surface area (Å²) in [5, 5.41) is 5.43. The minimum absolute atomic E-state index is 0.0926. The van der Waals surface area contributed by atoms with Crippen LogP contribution in [0.4, 0.5) is 0 Å². The monoisotopic (exact) mass is 407 g/mol. The van der Waals surface area contributed by atoms with Gasteiger partial charge in [-0.1, -0.05) is 13.0 Å². The summed E-state index contributed by atoms with van der Waals surface area (Å²) in [6.07, 6.45) is 0.559. The van der Waals surface area contributed by atoms with Gasteiger partial charge < -0.3 is 19.7 Å². The van der Waals surface area contributed by atoms with Gasteiger partial charge in [0.05, 0.1) is 19.6 Å². The Morgan fingerprint density at radius 1 is 1.36 bits per heavy atom. The van der Waals surface area contributed by atoms with Crippen LogP contribution >= 0.6 is 12.2 Å². The molecule has 1 atom stereocenters. The molecule has 0 aliphatic carbocycles. The van der Waals surface area contributed by atoms with Gasteiger partial charge in [-0.2, -0.15) is 0 Å². The first-order chi connectivity index (χ1) is 13.5. The van der Waals surface area contributed by atoms with E-state index >= 15 is 0 Å². The maximum Gasteiger partial charge on any atom is 0.308 e. The van der Waals surface area contributed by atoms with Gasteiger partial charge in [0.2, 0.25) is 5.91 Å². The van der Waals surface area contributed by atoms with Crippen LogP contribution in [0.2, 0.25) is 0 Å². The molecule has 152 valence electrons. The predicted molar refractivity (Wildman–Crippen MR) is 107 cm³/mol. The Hall–Kier alpha value is -2.68. The lowest BCUT2D eigenvalue weighted by atomic mass is 10.1. The molecule has 2 rings (SSSR count). The highest BCUT2D eigenvalue weighted by molar-refractivity contribution is 7.80. The number of ether oxygens (including phenoxy) is 2. The van der Waals surface area contributed by atoms with Crippen LogP contribution in [0.1, 0.15) is 37.0 Å². The van der Waals surface area contributed by atoms with E-state index in [0.717, 1.165) is 0 Å². The normalized spacial score (nSPS) is 16.1. The molecule has 2 amide bonds. The number of esters is 1. The molecular formula is C19H25N3O5S. The molecule has 0 unspecified atom stereocenters. The fraction of sp³-hybridized carbons (Fsp3) is 0.474. The number of carbonyl (C=O) groups is 3. The summed E-state index contributed by atoms with van der Waals surface area (Å²) in [6, 6.07) is 5.91. The summed E-state index contributed by atoms with van der Waals surface area (Å²) in [5.74, 6) is -0.637. The summed E-state index contributed by atoms with van der Waals surface area (Å²) in [4.78, 5) is 38.3. The van der Waals surface area contributed by atoms with Crippen LogP contribution in [0.3, 0.4) is 0 Å². The molecule has 1 saturated heterocycles. The van der Waals surface area contributed by atoms with Crippen molar-refractivity contribution in [3.05, 3.63) is 29.8 Å². The topological polar surface area (TPSA) is 97.0 Å². The van der Waals surface area contributed by atoms with Gasteiger partial charge >= 0.3 is 5.97 Å². The average Bonchev–Trinajstić information content (AvgIpc) is 2.68. The highest BCUT2D eigenvalue weighted by atomic mass is 32.1. The van der Waals surface area contributed by atoms with E-state index in [-0.39, 0.29) is 17.4 Å². The van der Waals surface area contributed by atoms with Gasteiger partial charge in [-0.3, -0.25) is 19.7 Å². The summed E-state index contributed by atoms with van der Waals surface area (Å²) in [6.45, 7) is 5.28. The lowest BCUT2D eigenvalue weighted by molar-refractivity contribution is -0.147. The van der Waals surface area contributed by atoms with Crippen molar-refractivity contribution < 1.29 is 23.9 Å². The van der Waals surface area contributed by atoms with Gasteiger partial charge in [0, 0.05) is 18.7 Å². The van der Waals surface area contributed by atoms with Crippen LogP contribution in [-0.2, 0) is 14.3 Å². The number of rotatable bonds is 7. The molecule has 0 radical (unpaired) electrons. The van der Waals surface area contributed by atoms with Crippen LogP contribution in [-0.4, -0.2) is 60.1 Å². The number of amides is 2. The minimum atomic E-state index is -0.819. The summed E-state index contributed by atoms with van der Waals surface area (Å²) in [7, 11) is 0. The molecular weight excluding hydrogens is 382 g/mol. The lowest BCUT2D eigenvalue weighted by Crippen LogP contribution is -2.60. The number of nitrogens with zero attached hydrogens (tertiary/aromatic N) is 1. The second-order valence-electron chi connectivity index (χ2n) is 6.14. The van der Waals surface area contributed by atoms with E-state index in [2.05, 4.69) is 10.6 Å². The highest BCUT2D eigenvalue weighted by Gasteiger charge is 2.34. The first kappa shape index (κ1) is 21.6. The Morgan fingerprint density at radius 2 is 2.14 bits per heavy atom. The summed E-state index contributed by atoms with van der Waals surface area (Å²) >= 11 is 5.34. The SMILES string of the molecule is CCCOC(=O)C[C@@H]1C(=O)NCCN1C(=S)NC(=O)c1cccc(OCC)c1. The van der Waals surface area contributed by atoms with Crippen molar-refractivity contribution in [3.8, 4) is 5.75 Å². The second-order valence-corrected chi connectivity index (χ2v) is 6.53. The van der Waals surface area contributed by atoms with Crippen molar-refractivity contribution in [2.45, 2.75) is 32.7 Å². The fourth-order valence-corrected chi connectivity index (χ4v) is 3.04. The third-order valence-electron chi connectivity index (χ3n) is 4.05. The van der Waals surface area contributed by atoms with E-state index in [1.54, 1.807) is 29.2 Å². The van der Waals surface area contributed by atoms with Crippen molar-refractivity contribution in [2.24, 2.45) is 0 Å². The fourth-order valence-electron chi connectivity index (χ4n) is 2.73. The van der Waals surface area contributed by atoms with Crippen molar-refractivity contribution in [2.75, 3.05) is 26.3 Å². The van der Waals surface area contributed by atoms with Crippen LogP contribution < -0.4 is 15.4 Å². The summed E-state index contributed by atoms with van der Waals surface area (Å²) in [5.41, 5.74) is 0.383. The Balaban J connectivity index is 2.05. The predicted octanol–water partition coefficient (Wildman–Crippen LogP) is 1.24. The number of nitrogens with one attached hydrogen (secondary N) is 2. The van der Waals surface area contributed by atoms with Gasteiger partial charge in [0.15, 0.2) is 5.11 Å². The third kappa shape index (κ3) is 5.91. The molecule has 2 N–H and O–H groups in total. The molecule has 1 aromatic carbocycles. The molecule has 0 spiro atoms. The number of thiocarbonyl (C=S) groups is 1. The standard InChI is InChI=1S/C19H25N3O5S/c1-3-10-27-16(23)12-15-18(25)20-8-9-22(15)19(28)21-17(24)13-6-5-7-14(11-13)26-4-2/h5-7,11,15H,3-4,8-10,12H2,1-2H3,(H,20,25)(H,21,24,28)/t15-/m1/s1. The van der Waals surface area contributed by atoms with E-state index in [9.17, 15) is 14.4 Å². The van der Waals surface area contributed by atoms with Crippen molar-refractivity contribution >= 4 is 35.1 Å². The number of hydrogen-bond acceptors (Lipinski definition) is 6. The van der Waals surface area contributed by atoms with Crippen LogP contribution in [0.15, 0.2) is 24.3 Å². The molecule has 8 nitrogen and oxygen atoms in total. The van der Waals surface area contributed by atoms with Crippen molar-refractivity contribution in [1.29, 1.82) is 0 Å². The van der Waals surface area contributed by atoms with E-state index in [0.29, 0.717) is 44.0 Å². The zero-order valence-electron chi connectivity index (χ0n) is 16.0. The largest absolute Gasteiger partial charge is 0.494 e. The maximum absolute atomic E-state index is 12.5. The van der Waals surface area contributed by atoms with Gasteiger partial charge in [-0.15, -0.1) is 0 Å². The molecule has 1 fully saturated rings. The molecule has 0 saturated carbocycles. The smallest absolute Gasteiger partial charge is 0.308 e. The van der Waals surface area contributed by atoms with Gasteiger partial charge in [0.1, 0.15) is 11.8 Å². The first-order valence-electron chi connectivity index (χ1n) is 9.24. The highest BCUT2D eigenvalue weighted by Crippen LogP contribution is 2.14. The molecule has 28 heavy (non-hydrogen) atoms. The molecule has 1 aliphatic rings. The van der Waals surface area contributed by atoms with E-state index in [1.807, 2.05) is 13.8 Å². The van der Waals surface area contributed by atoms with Crippen molar-refractivity contribution in [1.82, 2.24) is 15.5 Å². The Kier molecular flexibility index (Phi) is 8.19. The molecule has 1 aliphatic heterocycles. The number of carbonyl (C=O) groups excluding carboxylic acids is 3. The molecule has 9 heteroatoms. The van der Waals surface area contributed by atoms with Crippen LogP contribution in [0, 0.1) is 0 Å². The molecule has 1 heterocycles. The van der Waals surface area contributed by atoms with Crippen LogP contribution in [0.5, 0.6) is 5.75 Å². The van der Waals surface area contributed by atoms with Crippen LogP contribution in [0.25, 0.3) is 0 Å². The van der Waals surface area contributed by atoms with Gasteiger partial charge in [0.25, 0.3) is 5.91 Å². The molecule has 1 aromatic rings. The summed E-state index contributed by atoms with van der Waals surface area (Å²) < 4.78 is 10.5. The van der Waals surface area contributed by atoms with E-state index in [4.69, 9.17) is 21.7 Å². The van der Waals surface area contributed by atoms with E-state index in [1.165, 1.54) is 0 Å². The molecule has 0 bridgehead atoms. The first-order valence-corrected chi connectivity index (χ1v) is 9.65. The Labute approximate surface area is 169 Å².